The van der Waals surface area contributed by atoms with Gasteiger partial charge in [0.1, 0.15) is 0 Å². The van der Waals surface area contributed by atoms with Crippen molar-refractivity contribution in [2.24, 2.45) is 0 Å². The number of rotatable bonds is 7. The molecule has 0 N–H and O–H groups in total. The molecule has 1 fully saturated rings. The van der Waals surface area contributed by atoms with Gasteiger partial charge in [0.15, 0.2) is 11.5 Å². The average molecular weight is 294 g/mol. The normalized spacial score (nSPS) is 17.5. The van der Waals surface area contributed by atoms with Crippen LogP contribution in [0.1, 0.15) is 24.8 Å². The van der Waals surface area contributed by atoms with Crippen molar-refractivity contribution in [1.29, 1.82) is 0 Å². The first kappa shape index (κ1) is 15.6. The van der Waals surface area contributed by atoms with Crippen molar-refractivity contribution < 1.29 is 23.7 Å². The molecule has 1 saturated heterocycles. The van der Waals surface area contributed by atoms with Crippen LogP contribution >= 0.6 is 0 Å². The first-order chi connectivity index (χ1) is 10.2. The highest BCUT2D eigenvalue weighted by Crippen LogP contribution is 2.32. The highest BCUT2D eigenvalue weighted by Gasteiger charge is 2.17. The fourth-order valence-electron chi connectivity index (χ4n) is 2.42. The van der Waals surface area contributed by atoms with Crippen LogP contribution in [0.5, 0.6) is 11.5 Å². The summed E-state index contributed by atoms with van der Waals surface area (Å²) in [6.07, 6.45) is 3.50. The van der Waals surface area contributed by atoms with E-state index in [1.165, 1.54) is 7.11 Å². The molecular formula is C16H22O5. The minimum Gasteiger partial charge on any atom is -0.493 e. The first-order valence-corrected chi connectivity index (χ1v) is 7.21. The van der Waals surface area contributed by atoms with Gasteiger partial charge in [-0.3, -0.25) is 4.79 Å². The maximum Gasteiger partial charge on any atom is 0.310 e. The Balaban J connectivity index is 2.01. The van der Waals surface area contributed by atoms with Crippen molar-refractivity contribution in [1.82, 2.24) is 0 Å². The number of hydrogen-bond acceptors (Lipinski definition) is 5. The van der Waals surface area contributed by atoms with E-state index in [0.29, 0.717) is 18.1 Å². The fourth-order valence-corrected chi connectivity index (χ4v) is 2.42. The molecule has 1 atom stereocenters. The van der Waals surface area contributed by atoms with Crippen LogP contribution in [0.15, 0.2) is 18.2 Å². The zero-order valence-corrected chi connectivity index (χ0v) is 12.6. The smallest absolute Gasteiger partial charge is 0.310 e. The van der Waals surface area contributed by atoms with E-state index in [1.807, 2.05) is 18.2 Å². The van der Waals surface area contributed by atoms with E-state index >= 15 is 0 Å². The summed E-state index contributed by atoms with van der Waals surface area (Å²) in [7, 11) is 2.96. The summed E-state index contributed by atoms with van der Waals surface area (Å²) in [4.78, 5) is 11.5. The lowest BCUT2D eigenvalue weighted by atomic mass is 10.1. The van der Waals surface area contributed by atoms with Crippen LogP contribution in [-0.2, 0) is 20.7 Å². The van der Waals surface area contributed by atoms with E-state index < -0.39 is 0 Å². The van der Waals surface area contributed by atoms with Crippen LogP contribution in [0.3, 0.4) is 0 Å². The molecule has 0 spiro atoms. The molecule has 0 bridgehead atoms. The second-order valence-electron chi connectivity index (χ2n) is 4.97. The maximum atomic E-state index is 11.5. The molecule has 0 aliphatic carbocycles. The molecule has 1 aliphatic heterocycles. The molecule has 0 saturated carbocycles. The summed E-state index contributed by atoms with van der Waals surface area (Å²) in [5.74, 6) is 0.944. The second kappa shape index (κ2) is 7.88. The minimum absolute atomic E-state index is 0.170. The van der Waals surface area contributed by atoms with Crippen LogP contribution < -0.4 is 9.47 Å². The minimum atomic E-state index is -0.299. The maximum absolute atomic E-state index is 11.5. The number of carbonyl (C=O) groups excluding carboxylic acids is 1. The van der Waals surface area contributed by atoms with Crippen LogP contribution in [0.4, 0.5) is 0 Å². The Morgan fingerprint density at radius 3 is 2.90 bits per heavy atom. The van der Waals surface area contributed by atoms with E-state index in [2.05, 4.69) is 0 Å². The van der Waals surface area contributed by atoms with Gasteiger partial charge in [0.05, 0.1) is 33.4 Å². The summed E-state index contributed by atoms with van der Waals surface area (Å²) in [6.45, 7) is 1.38. The zero-order chi connectivity index (χ0) is 15.1. The molecule has 0 aromatic heterocycles. The average Bonchev–Trinajstić information content (AvgIpc) is 3.01. The number of ether oxygens (including phenoxy) is 4. The number of methoxy groups -OCH3 is 2. The Morgan fingerprint density at radius 2 is 2.24 bits per heavy atom. The van der Waals surface area contributed by atoms with Gasteiger partial charge in [-0.25, -0.2) is 0 Å². The zero-order valence-electron chi connectivity index (χ0n) is 12.6. The van der Waals surface area contributed by atoms with Crippen molar-refractivity contribution in [3.63, 3.8) is 0 Å². The lowest BCUT2D eigenvalue weighted by Gasteiger charge is -2.16. The van der Waals surface area contributed by atoms with Gasteiger partial charge in [-0.1, -0.05) is 12.1 Å². The molecule has 1 aromatic carbocycles. The fraction of sp³-hybridized carbons (Fsp3) is 0.562. The molecule has 1 aromatic rings. The van der Waals surface area contributed by atoms with E-state index in [-0.39, 0.29) is 18.5 Å². The molecule has 5 heteroatoms. The topological polar surface area (TPSA) is 54.0 Å². The third-order valence-corrected chi connectivity index (χ3v) is 3.55. The lowest BCUT2D eigenvalue weighted by molar-refractivity contribution is -0.139. The summed E-state index contributed by atoms with van der Waals surface area (Å²) in [5.41, 5.74) is 0.772. The molecule has 2 rings (SSSR count). The highest BCUT2D eigenvalue weighted by molar-refractivity contribution is 5.74. The lowest BCUT2D eigenvalue weighted by Crippen LogP contribution is -2.13. The van der Waals surface area contributed by atoms with Gasteiger partial charge >= 0.3 is 5.97 Å². The van der Waals surface area contributed by atoms with Crippen LogP contribution in [-0.4, -0.2) is 39.5 Å². The van der Waals surface area contributed by atoms with E-state index in [9.17, 15) is 4.79 Å². The Hall–Kier alpha value is -1.75. The van der Waals surface area contributed by atoms with Gasteiger partial charge in [0, 0.05) is 18.6 Å². The third kappa shape index (κ3) is 4.36. The second-order valence-corrected chi connectivity index (χ2v) is 4.97. The van der Waals surface area contributed by atoms with Crippen LogP contribution in [0.2, 0.25) is 0 Å². The molecule has 0 amide bonds. The molecule has 5 nitrogen and oxygen atoms in total. The summed E-state index contributed by atoms with van der Waals surface area (Å²) in [6, 6.07) is 5.51. The summed E-state index contributed by atoms with van der Waals surface area (Å²) in [5, 5.41) is 0. The summed E-state index contributed by atoms with van der Waals surface area (Å²) >= 11 is 0. The van der Waals surface area contributed by atoms with Gasteiger partial charge in [-0.15, -0.1) is 0 Å². The van der Waals surface area contributed by atoms with E-state index in [4.69, 9.17) is 18.9 Å². The van der Waals surface area contributed by atoms with Crippen molar-refractivity contribution in [2.75, 3.05) is 27.4 Å². The molecule has 21 heavy (non-hydrogen) atoms. The van der Waals surface area contributed by atoms with Gasteiger partial charge in [-0.05, 0) is 18.9 Å². The number of para-hydroxylation sites is 1. The van der Waals surface area contributed by atoms with Crippen molar-refractivity contribution >= 4 is 5.97 Å². The van der Waals surface area contributed by atoms with E-state index in [0.717, 1.165) is 31.4 Å². The first-order valence-electron chi connectivity index (χ1n) is 7.21. The van der Waals surface area contributed by atoms with Gasteiger partial charge in [-0.2, -0.15) is 0 Å². The Morgan fingerprint density at radius 1 is 1.38 bits per heavy atom. The number of esters is 1. The molecule has 116 valence electrons. The molecule has 1 heterocycles. The Labute approximate surface area is 125 Å². The van der Waals surface area contributed by atoms with Gasteiger partial charge < -0.3 is 18.9 Å². The number of carbonyl (C=O) groups is 1. The number of benzene rings is 1. The molecule has 0 radical (unpaired) electrons. The molecular weight excluding hydrogens is 272 g/mol. The Kier molecular flexibility index (Phi) is 5.87. The number of hydrogen-bond donors (Lipinski definition) is 0. The quantitative estimate of drug-likeness (QED) is 0.723. The third-order valence-electron chi connectivity index (χ3n) is 3.55. The highest BCUT2D eigenvalue weighted by atomic mass is 16.5. The molecule has 0 unspecified atom stereocenters. The predicted molar refractivity (Wildman–Crippen MR) is 77.8 cm³/mol. The molecule has 1 aliphatic rings. The SMILES string of the molecule is COC(=O)Cc1cccc(OC)c1OCC[C@@H]1CCCO1. The predicted octanol–water partition coefficient (Wildman–Crippen LogP) is 2.36. The van der Waals surface area contributed by atoms with Crippen LogP contribution in [0, 0.1) is 0 Å². The Bertz CT molecular complexity index is 466. The van der Waals surface area contributed by atoms with Crippen molar-refractivity contribution in [2.45, 2.75) is 31.8 Å². The van der Waals surface area contributed by atoms with Gasteiger partial charge in [0.25, 0.3) is 0 Å². The van der Waals surface area contributed by atoms with Crippen LogP contribution in [0.25, 0.3) is 0 Å². The van der Waals surface area contributed by atoms with Crippen molar-refractivity contribution in [3.8, 4) is 11.5 Å². The van der Waals surface area contributed by atoms with E-state index in [1.54, 1.807) is 7.11 Å². The van der Waals surface area contributed by atoms with Crippen molar-refractivity contribution in [3.05, 3.63) is 23.8 Å². The monoisotopic (exact) mass is 294 g/mol. The largest absolute Gasteiger partial charge is 0.493 e. The van der Waals surface area contributed by atoms with Gasteiger partial charge in [0.2, 0.25) is 0 Å². The summed E-state index contributed by atoms with van der Waals surface area (Å²) < 4.78 is 21.5. The standard InChI is InChI=1S/C16H22O5/c1-18-14-7-3-5-12(11-15(17)19-2)16(14)21-10-8-13-6-4-9-20-13/h3,5,7,13H,4,6,8-11H2,1-2H3/t13-/m0/s1.